The second-order valence-corrected chi connectivity index (χ2v) is 8.65. The molecule has 1 fully saturated rings. The van der Waals surface area contributed by atoms with E-state index in [1.54, 1.807) is 35.0 Å². The van der Waals surface area contributed by atoms with Crippen LogP contribution in [0.3, 0.4) is 0 Å². The molecule has 1 aliphatic rings. The van der Waals surface area contributed by atoms with Crippen molar-refractivity contribution in [3.8, 4) is 6.01 Å². The van der Waals surface area contributed by atoms with Crippen molar-refractivity contribution in [3.63, 3.8) is 0 Å². The summed E-state index contributed by atoms with van der Waals surface area (Å²) in [4.78, 5) is 38.5. The van der Waals surface area contributed by atoms with Gasteiger partial charge in [0.05, 0.1) is 12.8 Å². The summed E-state index contributed by atoms with van der Waals surface area (Å²) in [5, 5.41) is 16.2. The van der Waals surface area contributed by atoms with Gasteiger partial charge in [0.25, 0.3) is 6.01 Å². The van der Waals surface area contributed by atoms with Crippen LogP contribution in [0.25, 0.3) is 0 Å². The Kier molecular flexibility index (Phi) is 10.3. The van der Waals surface area contributed by atoms with Crippen molar-refractivity contribution >= 4 is 29.3 Å². The smallest absolute Gasteiger partial charge is 0.328 e. The number of piperidine rings is 1. The Morgan fingerprint density at radius 3 is 2.18 bits per heavy atom. The Labute approximate surface area is 203 Å². The van der Waals surface area contributed by atoms with E-state index in [4.69, 9.17) is 26.6 Å². The van der Waals surface area contributed by atoms with Gasteiger partial charge in [-0.25, -0.2) is 14.6 Å². The van der Waals surface area contributed by atoms with Crippen LogP contribution >= 0.6 is 11.6 Å². The Balaban J connectivity index is 0.000000440. The highest BCUT2D eigenvalue weighted by atomic mass is 35.5. The first-order valence-corrected chi connectivity index (χ1v) is 11.3. The molecule has 184 valence electrons. The minimum Gasteiger partial charge on any atom is -0.478 e. The number of carboxylic acid groups (broad SMARTS) is 2. The summed E-state index contributed by atoms with van der Waals surface area (Å²) in [5.74, 6) is -2.06. The standard InChI is InChI=1S/C20H26ClN3O2.C4H4O4/c1-14(2)24-10-8-15(9-11-24)13-26-20-22-12-18(23(20)3)19(25)16-4-6-17(21)7-5-16;5-3(6)1-2-4(7)8/h4-7,12,14-15H,8-11,13H2,1-3H3;1-2H,(H,5,6)(H,7,8)/b;2-1-. The van der Waals surface area contributed by atoms with E-state index in [1.807, 2.05) is 7.05 Å². The van der Waals surface area contributed by atoms with Crippen molar-refractivity contribution in [1.29, 1.82) is 0 Å². The second-order valence-electron chi connectivity index (χ2n) is 8.21. The number of hydrogen-bond donors (Lipinski definition) is 2. The lowest BCUT2D eigenvalue weighted by Gasteiger charge is -2.34. The zero-order valence-corrected chi connectivity index (χ0v) is 20.2. The molecule has 1 aromatic carbocycles. The number of aliphatic carboxylic acids is 2. The fourth-order valence-electron chi connectivity index (χ4n) is 3.46. The van der Waals surface area contributed by atoms with Crippen LogP contribution in [-0.2, 0) is 16.6 Å². The Hall–Kier alpha value is -3.17. The van der Waals surface area contributed by atoms with Gasteiger partial charge in [-0.15, -0.1) is 0 Å². The van der Waals surface area contributed by atoms with E-state index >= 15 is 0 Å². The highest BCUT2D eigenvalue weighted by Crippen LogP contribution is 2.21. The highest BCUT2D eigenvalue weighted by molar-refractivity contribution is 6.30. The minimum atomic E-state index is -1.26. The van der Waals surface area contributed by atoms with E-state index in [1.165, 1.54) is 0 Å². The lowest BCUT2D eigenvalue weighted by atomic mass is 9.97. The molecule has 1 aromatic heterocycles. The molecule has 1 aliphatic heterocycles. The number of likely N-dealkylation sites (tertiary alicyclic amines) is 1. The van der Waals surface area contributed by atoms with Gasteiger partial charge in [0.15, 0.2) is 0 Å². The Morgan fingerprint density at radius 2 is 1.68 bits per heavy atom. The third-order valence-electron chi connectivity index (χ3n) is 5.48. The van der Waals surface area contributed by atoms with Gasteiger partial charge in [0.1, 0.15) is 5.69 Å². The van der Waals surface area contributed by atoms with Crippen molar-refractivity contribution in [3.05, 3.63) is 58.9 Å². The van der Waals surface area contributed by atoms with E-state index < -0.39 is 11.9 Å². The summed E-state index contributed by atoms with van der Waals surface area (Å²) >= 11 is 5.89. The van der Waals surface area contributed by atoms with Gasteiger partial charge in [-0.05, 0) is 70.0 Å². The van der Waals surface area contributed by atoms with Crippen LogP contribution in [0.15, 0.2) is 42.6 Å². The molecule has 0 spiro atoms. The number of aromatic nitrogens is 2. The quantitative estimate of drug-likeness (QED) is 0.425. The molecule has 1 saturated heterocycles. The number of rotatable bonds is 8. The predicted molar refractivity (Wildman–Crippen MR) is 127 cm³/mol. The third kappa shape index (κ3) is 8.31. The molecule has 34 heavy (non-hydrogen) atoms. The molecule has 0 bridgehead atoms. The number of benzene rings is 1. The molecule has 0 atom stereocenters. The highest BCUT2D eigenvalue weighted by Gasteiger charge is 2.22. The molecule has 10 heteroatoms. The van der Waals surface area contributed by atoms with Gasteiger partial charge in [-0.2, -0.15) is 0 Å². The molecule has 0 unspecified atom stereocenters. The first kappa shape index (κ1) is 27.1. The van der Waals surface area contributed by atoms with Gasteiger partial charge in [-0.3, -0.25) is 9.36 Å². The fourth-order valence-corrected chi connectivity index (χ4v) is 3.58. The molecular weight excluding hydrogens is 462 g/mol. The molecule has 2 N–H and O–H groups in total. The van der Waals surface area contributed by atoms with Gasteiger partial charge >= 0.3 is 11.9 Å². The van der Waals surface area contributed by atoms with Crippen molar-refractivity contribution in [1.82, 2.24) is 14.5 Å². The van der Waals surface area contributed by atoms with Crippen molar-refractivity contribution in [2.45, 2.75) is 32.7 Å². The minimum absolute atomic E-state index is 0.0863. The van der Waals surface area contributed by atoms with Crippen LogP contribution in [0.5, 0.6) is 6.01 Å². The van der Waals surface area contributed by atoms with E-state index in [-0.39, 0.29) is 5.78 Å². The molecule has 0 amide bonds. The number of nitrogens with zero attached hydrogens (tertiary/aromatic N) is 3. The normalized spacial score (nSPS) is 14.6. The van der Waals surface area contributed by atoms with E-state index in [0.29, 0.717) is 53.0 Å². The maximum atomic E-state index is 12.6. The third-order valence-corrected chi connectivity index (χ3v) is 5.73. The molecule has 0 saturated carbocycles. The van der Waals surface area contributed by atoms with Crippen LogP contribution in [0.4, 0.5) is 0 Å². The van der Waals surface area contributed by atoms with Gasteiger partial charge in [0, 0.05) is 35.8 Å². The number of imidazole rings is 1. The van der Waals surface area contributed by atoms with Crippen molar-refractivity contribution in [2.24, 2.45) is 13.0 Å². The summed E-state index contributed by atoms with van der Waals surface area (Å²) in [6, 6.07) is 7.97. The van der Waals surface area contributed by atoms with Crippen molar-refractivity contribution in [2.75, 3.05) is 19.7 Å². The van der Waals surface area contributed by atoms with Gasteiger partial charge in [-0.1, -0.05) is 11.6 Å². The van der Waals surface area contributed by atoms with E-state index in [0.717, 1.165) is 25.9 Å². The predicted octanol–water partition coefficient (Wildman–Crippen LogP) is 3.52. The van der Waals surface area contributed by atoms with Crippen LogP contribution in [0.1, 0.15) is 42.7 Å². The molecule has 9 nitrogen and oxygen atoms in total. The first-order valence-electron chi connectivity index (χ1n) is 10.9. The maximum Gasteiger partial charge on any atom is 0.328 e. The number of carbonyl (C=O) groups is 3. The number of halogens is 1. The number of ether oxygens (including phenoxy) is 1. The average Bonchev–Trinajstić information content (AvgIpc) is 3.17. The summed E-state index contributed by atoms with van der Waals surface area (Å²) < 4.78 is 7.64. The Bertz CT molecular complexity index is 992. The lowest BCUT2D eigenvalue weighted by Crippen LogP contribution is -2.39. The molecule has 2 aromatic rings. The summed E-state index contributed by atoms with van der Waals surface area (Å²) in [7, 11) is 1.81. The second kappa shape index (κ2) is 12.9. The summed E-state index contributed by atoms with van der Waals surface area (Å²) in [5.41, 5.74) is 1.10. The number of ketones is 1. The monoisotopic (exact) mass is 491 g/mol. The maximum absolute atomic E-state index is 12.6. The van der Waals surface area contributed by atoms with Crippen LogP contribution in [0.2, 0.25) is 5.02 Å². The van der Waals surface area contributed by atoms with Crippen molar-refractivity contribution < 1.29 is 29.3 Å². The fraction of sp³-hybridized carbons (Fsp3) is 0.417. The van der Waals surface area contributed by atoms with Crippen LogP contribution in [-0.4, -0.2) is 68.1 Å². The van der Waals surface area contributed by atoms with Gasteiger partial charge in [0.2, 0.25) is 5.78 Å². The van der Waals surface area contributed by atoms with Crippen LogP contribution in [0, 0.1) is 5.92 Å². The molecule has 3 rings (SSSR count). The molecule has 0 radical (unpaired) electrons. The first-order chi connectivity index (χ1) is 16.1. The number of carbonyl (C=O) groups excluding carboxylic acids is 1. The topological polar surface area (TPSA) is 122 Å². The Morgan fingerprint density at radius 1 is 1.12 bits per heavy atom. The molecule has 0 aliphatic carbocycles. The zero-order valence-electron chi connectivity index (χ0n) is 19.5. The molecular formula is C24H30ClN3O6. The summed E-state index contributed by atoms with van der Waals surface area (Å²) in [6.07, 6.45) is 4.97. The van der Waals surface area contributed by atoms with Gasteiger partial charge < -0.3 is 19.8 Å². The average molecular weight is 492 g/mol. The van der Waals surface area contributed by atoms with E-state index in [9.17, 15) is 14.4 Å². The largest absolute Gasteiger partial charge is 0.478 e. The summed E-state index contributed by atoms with van der Waals surface area (Å²) in [6.45, 7) is 7.36. The molecule has 2 heterocycles. The van der Waals surface area contributed by atoms with E-state index in [2.05, 4.69) is 23.7 Å². The van der Waals surface area contributed by atoms with Crippen LogP contribution < -0.4 is 4.74 Å². The lowest BCUT2D eigenvalue weighted by molar-refractivity contribution is -0.134. The number of hydrogen-bond acceptors (Lipinski definition) is 6. The SMILES string of the molecule is CC(C)N1CCC(COc2ncc(C(=O)c3ccc(Cl)cc3)n2C)CC1.O=C(O)/C=C\C(=O)O. The zero-order chi connectivity index (χ0) is 25.3. The number of carboxylic acids is 2.